The standard InChI is InChI=1S/C14H14N4O2S/c15-21(19,20)12-5-3-11(4-6-12)17-8-10-9-18-14-13(10)2-1-7-16-14/h1-7,9,17H,8H2,(H,16,18)(H2,15,19,20). The summed E-state index contributed by atoms with van der Waals surface area (Å²) in [4.78, 5) is 7.44. The second-order valence-corrected chi connectivity index (χ2v) is 6.20. The molecule has 108 valence electrons. The zero-order valence-electron chi connectivity index (χ0n) is 11.1. The van der Waals surface area contributed by atoms with E-state index in [4.69, 9.17) is 5.14 Å². The van der Waals surface area contributed by atoms with E-state index in [1.807, 2.05) is 18.3 Å². The number of primary sulfonamides is 1. The van der Waals surface area contributed by atoms with E-state index in [1.165, 1.54) is 12.1 Å². The molecule has 0 aliphatic heterocycles. The molecule has 6 nitrogen and oxygen atoms in total. The van der Waals surface area contributed by atoms with Crippen LogP contribution in [-0.2, 0) is 16.6 Å². The van der Waals surface area contributed by atoms with Crippen molar-refractivity contribution < 1.29 is 8.42 Å². The molecule has 4 N–H and O–H groups in total. The number of aromatic amines is 1. The van der Waals surface area contributed by atoms with Crippen molar-refractivity contribution in [1.82, 2.24) is 9.97 Å². The number of benzene rings is 1. The van der Waals surface area contributed by atoms with Crippen LogP contribution in [0.3, 0.4) is 0 Å². The molecule has 0 saturated carbocycles. The summed E-state index contributed by atoms with van der Waals surface area (Å²) in [5.74, 6) is 0. The Hall–Kier alpha value is -2.38. The van der Waals surface area contributed by atoms with Crippen LogP contribution in [0, 0.1) is 0 Å². The molecule has 0 amide bonds. The van der Waals surface area contributed by atoms with E-state index in [-0.39, 0.29) is 4.90 Å². The third-order valence-corrected chi connectivity index (χ3v) is 4.13. The highest BCUT2D eigenvalue weighted by Gasteiger charge is 2.07. The molecule has 3 aromatic rings. The minimum Gasteiger partial charge on any atom is -0.381 e. The predicted molar refractivity (Wildman–Crippen MR) is 81.2 cm³/mol. The highest BCUT2D eigenvalue weighted by Crippen LogP contribution is 2.18. The zero-order valence-corrected chi connectivity index (χ0v) is 11.9. The number of fused-ring (bicyclic) bond motifs is 1. The van der Waals surface area contributed by atoms with E-state index in [0.717, 1.165) is 22.3 Å². The molecular formula is C14H14N4O2S. The summed E-state index contributed by atoms with van der Waals surface area (Å²) in [5, 5.41) is 9.36. The molecule has 0 aliphatic carbocycles. The largest absolute Gasteiger partial charge is 0.381 e. The molecule has 2 heterocycles. The lowest BCUT2D eigenvalue weighted by atomic mass is 10.2. The molecule has 3 rings (SSSR count). The molecule has 0 bridgehead atoms. The number of anilines is 1. The van der Waals surface area contributed by atoms with Crippen molar-refractivity contribution in [2.45, 2.75) is 11.4 Å². The van der Waals surface area contributed by atoms with Crippen LogP contribution in [0.1, 0.15) is 5.56 Å². The van der Waals surface area contributed by atoms with Gasteiger partial charge in [-0.1, -0.05) is 0 Å². The molecule has 0 radical (unpaired) electrons. The third kappa shape index (κ3) is 2.88. The number of hydrogen-bond donors (Lipinski definition) is 3. The van der Waals surface area contributed by atoms with Crippen molar-refractivity contribution in [3.05, 3.63) is 54.4 Å². The van der Waals surface area contributed by atoms with E-state index < -0.39 is 10.0 Å². The molecule has 2 aromatic heterocycles. The van der Waals surface area contributed by atoms with Gasteiger partial charge in [0.2, 0.25) is 10.0 Å². The van der Waals surface area contributed by atoms with Crippen LogP contribution in [-0.4, -0.2) is 18.4 Å². The number of rotatable bonds is 4. The van der Waals surface area contributed by atoms with E-state index in [9.17, 15) is 8.42 Å². The fourth-order valence-corrected chi connectivity index (χ4v) is 2.63. The highest BCUT2D eigenvalue weighted by molar-refractivity contribution is 7.89. The first kappa shape index (κ1) is 13.6. The summed E-state index contributed by atoms with van der Waals surface area (Å²) in [7, 11) is -3.65. The van der Waals surface area contributed by atoms with Gasteiger partial charge >= 0.3 is 0 Å². The number of nitrogens with two attached hydrogens (primary N) is 1. The summed E-state index contributed by atoms with van der Waals surface area (Å²) >= 11 is 0. The van der Waals surface area contributed by atoms with Crippen molar-refractivity contribution in [3.8, 4) is 0 Å². The van der Waals surface area contributed by atoms with E-state index >= 15 is 0 Å². The number of nitrogens with one attached hydrogen (secondary N) is 2. The topological polar surface area (TPSA) is 101 Å². The number of H-pyrrole nitrogens is 1. The molecule has 0 unspecified atom stereocenters. The van der Waals surface area contributed by atoms with Gasteiger partial charge in [-0.25, -0.2) is 18.5 Å². The number of aromatic nitrogens is 2. The molecule has 0 fully saturated rings. The van der Waals surface area contributed by atoms with Gasteiger partial charge in [0.15, 0.2) is 0 Å². The molecule has 0 atom stereocenters. The first-order valence-electron chi connectivity index (χ1n) is 6.32. The average molecular weight is 302 g/mol. The Morgan fingerprint density at radius 1 is 1.19 bits per heavy atom. The maximum absolute atomic E-state index is 11.2. The lowest BCUT2D eigenvalue weighted by molar-refractivity contribution is 0.598. The smallest absolute Gasteiger partial charge is 0.238 e. The highest BCUT2D eigenvalue weighted by atomic mass is 32.2. The first-order chi connectivity index (χ1) is 10.0. The number of sulfonamides is 1. The molecule has 0 aliphatic rings. The summed E-state index contributed by atoms with van der Waals surface area (Å²) in [6.45, 7) is 0.612. The van der Waals surface area contributed by atoms with Gasteiger partial charge in [-0.3, -0.25) is 0 Å². The average Bonchev–Trinajstić information content (AvgIpc) is 2.88. The Balaban J connectivity index is 1.76. The summed E-state index contributed by atoms with van der Waals surface area (Å²) in [6, 6.07) is 10.2. The van der Waals surface area contributed by atoms with E-state index in [1.54, 1.807) is 18.3 Å². The fourth-order valence-electron chi connectivity index (χ4n) is 2.12. The number of hydrogen-bond acceptors (Lipinski definition) is 4. The third-order valence-electron chi connectivity index (χ3n) is 3.20. The minimum absolute atomic E-state index is 0.101. The minimum atomic E-state index is -3.65. The molecule has 21 heavy (non-hydrogen) atoms. The SMILES string of the molecule is NS(=O)(=O)c1ccc(NCc2c[nH]c3ncccc23)cc1. The van der Waals surface area contributed by atoms with Crippen LogP contribution >= 0.6 is 0 Å². The van der Waals surface area contributed by atoms with Crippen molar-refractivity contribution in [2.24, 2.45) is 5.14 Å². The van der Waals surface area contributed by atoms with Crippen LogP contribution in [0.15, 0.2) is 53.7 Å². The van der Waals surface area contributed by atoms with E-state index in [0.29, 0.717) is 6.54 Å². The molecule has 0 saturated heterocycles. The quantitative estimate of drug-likeness (QED) is 0.684. The molecular weight excluding hydrogens is 288 g/mol. The molecule has 7 heteroatoms. The normalized spacial score (nSPS) is 11.7. The van der Waals surface area contributed by atoms with Crippen LogP contribution in [0.4, 0.5) is 5.69 Å². The molecule has 0 spiro atoms. The summed E-state index contributed by atoms with van der Waals surface area (Å²) in [5.41, 5.74) is 2.76. The Morgan fingerprint density at radius 3 is 2.67 bits per heavy atom. The maximum atomic E-state index is 11.2. The fraction of sp³-hybridized carbons (Fsp3) is 0.0714. The van der Waals surface area contributed by atoms with E-state index in [2.05, 4.69) is 15.3 Å². The van der Waals surface area contributed by atoms with Gasteiger partial charge in [0.1, 0.15) is 5.65 Å². The van der Waals surface area contributed by atoms with Crippen LogP contribution in [0.5, 0.6) is 0 Å². The van der Waals surface area contributed by atoms with Gasteiger partial charge < -0.3 is 10.3 Å². The van der Waals surface area contributed by atoms with Crippen molar-refractivity contribution in [1.29, 1.82) is 0 Å². The van der Waals surface area contributed by atoms with Crippen molar-refractivity contribution in [3.63, 3.8) is 0 Å². The van der Waals surface area contributed by atoms with Crippen molar-refractivity contribution in [2.75, 3.05) is 5.32 Å². The summed E-state index contributed by atoms with van der Waals surface area (Å²) < 4.78 is 22.4. The van der Waals surface area contributed by atoms with Crippen LogP contribution in [0.2, 0.25) is 0 Å². The van der Waals surface area contributed by atoms with Gasteiger partial charge in [0.25, 0.3) is 0 Å². The Bertz CT molecular complexity index is 869. The van der Waals surface area contributed by atoms with Crippen molar-refractivity contribution >= 4 is 26.7 Å². The zero-order chi connectivity index (χ0) is 14.9. The first-order valence-corrected chi connectivity index (χ1v) is 7.86. The second kappa shape index (κ2) is 5.19. The Labute approximate surface area is 122 Å². The lowest BCUT2D eigenvalue weighted by Gasteiger charge is -2.06. The molecule has 1 aromatic carbocycles. The monoisotopic (exact) mass is 302 g/mol. The van der Waals surface area contributed by atoms with Gasteiger partial charge in [0, 0.05) is 30.0 Å². The lowest BCUT2D eigenvalue weighted by Crippen LogP contribution is -2.11. The summed E-state index contributed by atoms with van der Waals surface area (Å²) in [6.07, 6.45) is 3.64. The van der Waals surface area contributed by atoms with Gasteiger partial charge in [-0.2, -0.15) is 0 Å². The number of pyridine rings is 1. The Kier molecular flexibility index (Phi) is 3.36. The Morgan fingerprint density at radius 2 is 1.95 bits per heavy atom. The van der Waals surface area contributed by atoms with Gasteiger partial charge in [-0.15, -0.1) is 0 Å². The van der Waals surface area contributed by atoms with Gasteiger partial charge in [-0.05, 0) is 42.0 Å². The predicted octanol–water partition coefficient (Wildman–Crippen LogP) is 1.82. The van der Waals surface area contributed by atoms with Gasteiger partial charge in [0.05, 0.1) is 4.90 Å². The maximum Gasteiger partial charge on any atom is 0.238 e. The van der Waals surface area contributed by atoms with Crippen LogP contribution < -0.4 is 10.5 Å². The second-order valence-electron chi connectivity index (χ2n) is 4.64. The van der Waals surface area contributed by atoms with Crippen LogP contribution in [0.25, 0.3) is 11.0 Å². The number of nitrogens with zero attached hydrogens (tertiary/aromatic N) is 1.